The van der Waals surface area contributed by atoms with E-state index in [-0.39, 0.29) is 17.7 Å². The van der Waals surface area contributed by atoms with E-state index in [9.17, 15) is 18.0 Å². The minimum absolute atomic E-state index is 0.0145. The Morgan fingerprint density at radius 1 is 1.04 bits per heavy atom. The van der Waals surface area contributed by atoms with Gasteiger partial charge in [0, 0.05) is 12.1 Å². The van der Waals surface area contributed by atoms with Crippen LogP contribution in [0.15, 0.2) is 78.6 Å². The Morgan fingerprint density at radius 3 is 2.46 bits per heavy atom. The second-order valence-corrected chi connectivity index (χ2v) is 5.75. The summed E-state index contributed by atoms with van der Waals surface area (Å²) in [6.07, 6.45) is -0.102. The molecule has 6 heteroatoms. The molecule has 0 aromatic heterocycles. The highest BCUT2D eigenvalue weighted by Crippen LogP contribution is 2.38. The van der Waals surface area contributed by atoms with Crippen LogP contribution in [0.25, 0.3) is 0 Å². The van der Waals surface area contributed by atoms with Gasteiger partial charge in [-0.2, -0.15) is 13.2 Å². The molecule has 1 aliphatic rings. The molecule has 2 aromatic rings. The van der Waals surface area contributed by atoms with Crippen molar-refractivity contribution in [3.05, 3.63) is 95.3 Å². The number of dihydropyridines is 1. The quantitative estimate of drug-likeness (QED) is 0.815. The first-order valence-corrected chi connectivity index (χ1v) is 7.97. The van der Waals surface area contributed by atoms with Crippen molar-refractivity contribution in [3.8, 4) is 0 Å². The molecule has 0 bridgehead atoms. The summed E-state index contributed by atoms with van der Waals surface area (Å²) in [4.78, 5) is 12.5. The van der Waals surface area contributed by atoms with Gasteiger partial charge in [-0.25, -0.2) is 4.79 Å². The first-order valence-electron chi connectivity index (χ1n) is 7.97. The van der Waals surface area contributed by atoms with E-state index in [1.54, 1.807) is 12.1 Å². The van der Waals surface area contributed by atoms with E-state index in [0.717, 1.165) is 11.6 Å². The molecule has 26 heavy (non-hydrogen) atoms. The average Bonchev–Trinajstić information content (AvgIpc) is 2.66. The number of ether oxygens (including phenoxy) is 1. The fourth-order valence-electron chi connectivity index (χ4n) is 2.77. The summed E-state index contributed by atoms with van der Waals surface area (Å²) < 4.78 is 45.3. The molecule has 3 rings (SSSR count). The summed E-state index contributed by atoms with van der Waals surface area (Å²) in [6, 6.07) is 14.3. The fraction of sp³-hybridized carbons (Fsp3) is 0.150. The van der Waals surface area contributed by atoms with Crippen LogP contribution in [0, 0.1) is 0 Å². The molecule has 0 fully saturated rings. The third kappa shape index (κ3) is 3.96. The van der Waals surface area contributed by atoms with Crippen LogP contribution in [-0.4, -0.2) is 5.97 Å². The van der Waals surface area contributed by atoms with E-state index in [0.29, 0.717) is 0 Å². The monoisotopic (exact) mass is 359 g/mol. The van der Waals surface area contributed by atoms with Crippen molar-refractivity contribution in [1.29, 1.82) is 0 Å². The number of benzene rings is 2. The first-order chi connectivity index (χ1) is 12.5. The zero-order valence-electron chi connectivity index (χ0n) is 13.7. The Balaban J connectivity index is 1.84. The lowest BCUT2D eigenvalue weighted by molar-refractivity contribution is -0.141. The van der Waals surface area contributed by atoms with Crippen LogP contribution in [-0.2, 0) is 22.3 Å². The van der Waals surface area contributed by atoms with E-state index in [4.69, 9.17) is 4.74 Å². The minimum atomic E-state index is -4.51. The highest BCUT2D eigenvalue weighted by molar-refractivity contribution is 5.91. The van der Waals surface area contributed by atoms with Crippen molar-refractivity contribution in [2.75, 3.05) is 0 Å². The molecule has 0 saturated carbocycles. The molecule has 1 heterocycles. The Kier molecular flexibility index (Phi) is 5.11. The van der Waals surface area contributed by atoms with Crippen LogP contribution in [0.4, 0.5) is 13.2 Å². The summed E-state index contributed by atoms with van der Waals surface area (Å²) in [5.41, 5.74) is 0.173. The number of hydrogen-bond acceptors (Lipinski definition) is 3. The maximum absolute atomic E-state index is 13.3. The number of carbonyl (C=O) groups excluding carboxylic acids is 1. The number of alkyl halides is 3. The average molecular weight is 359 g/mol. The highest BCUT2D eigenvalue weighted by Gasteiger charge is 2.36. The van der Waals surface area contributed by atoms with Gasteiger partial charge in [0.2, 0.25) is 0 Å². The predicted octanol–water partition coefficient (Wildman–Crippen LogP) is 4.53. The Morgan fingerprint density at radius 2 is 1.73 bits per heavy atom. The molecule has 134 valence electrons. The van der Waals surface area contributed by atoms with Gasteiger partial charge in [-0.3, -0.25) is 0 Å². The summed E-state index contributed by atoms with van der Waals surface area (Å²) in [5, 5.41) is 2.75. The molecule has 0 radical (unpaired) electrons. The van der Waals surface area contributed by atoms with Crippen LogP contribution >= 0.6 is 0 Å². The first kappa shape index (κ1) is 17.8. The van der Waals surface area contributed by atoms with E-state index in [1.165, 1.54) is 36.7 Å². The van der Waals surface area contributed by atoms with Gasteiger partial charge in [0.05, 0.1) is 11.1 Å². The van der Waals surface area contributed by atoms with Gasteiger partial charge in [-0.05, 0) is 23.4 Å². The molecule has 0 saturated heterocycles. The maximum Gasteiger partial charge on any atom is 0.416 e. The summed E-state index contributed by atoms with van der Waals surface area (Å²) in [6.45, 7) is 0.0500. The van der Waals surface area contributed by atoms with Crippen molar-refractivity contribution < 1.29 is 22.7 Å². The second kappa shape index (κ2) is 7.47. The zero-order valence-corrected chi connectivity index (χ0v) is 13.7. The Hall–Kier alpha value is -3.02. The molecule has 1 unspecified atom stereocenters. The van der Waals surface area contributed by atoms with Gasteiger partial charge in [-0.1, -0.05) is 54.6 Å². The van der Waals surface area contributed by atoms with Crippen molar-refractivity contribution in [2.45, 2.75) is 18.7 Å². The van der Waals surface area contributed by atoms with E-state index in [2.05, 4.69) is 5.32 Å². The van der Waals surface area contributed by atoms with Crippen molar-refractivity contribution in [2.24, 2.45) is 0 Å². The number of rotatable bonds is 4. The second-order valence-electron chi connectivity index (χ2n) is 5.75. The smallest absolute Gasteiger partial charge is 0.416 e. The standard InChI is InChI=1S/C20H16F3NO2/c21-20(22,23)18-9-5-4-8-16(18)15-10-11-24-12-17(15)19(25)26-13-14-6-2-1-3-7-14/h1-12,15,24H,13H2. The Labute approximate surface area is 148 Å². The van der Waals surface area contributed by atoms with Gasteiger partial charge < -0.3 is 10.1 Å². The zero-order chi connectivity index (χ0) is 18.6. The Bertz CT molecular complexity index is 842. The molecule has 1 aliphatic heterocycles. The van der Waals surface area contributed by atoms with Crippen molar-refractivity contribution in [3.63, 3.8) is 0 Å². The number of hydrogen-bond donors (Lipinski definition) is 1. The molecule has 3 nitrogen and oxygen atoms in total. The van der Waals surface area contributed by atoms with Crippen molar-refractivity contribution in [1.82, 2.24) is 5.32 Å². The number of nitrogens with one attached hydrogen (secondary N) is 1. The highest BCUT2D eigenvalue weighted by atomic mass is 19.4. The van der Waals surface area contributed by atoms with Gasteiger partial charge in [0.25, 0.3) is 0 Å². The molecular formula is C20H16F3NO2. The van der Waals surface area contributed by atoms with Gasteiger partial charge in [0.15, 0.2) is 0 Å². The van der Waals surface area contributed by atoms with Gasteiger partial charge >= 0.3 is 12.1 Å². The molecule has 0 spiro atoms. The molecule has 2 aromatic carbocycles. The number of allylic oxidation sites excluding steroid dienone is 1. The van der Waals surface area contributed by atoms with Crippen LogP contribution in [0.3, 0.4) is 0 Å². The van der Waals surface area contributed by atoms with Crippen molar-refractivity contribution >= 4 is 5.97 Å². The van der Waals surface area contributed by atoms with E-state index < -0.39 is 23.6 Å². The molecule has 1 atom stereocenters. The summed E-state index contributed by atoms with van der Waals surface area (Å²) >= 11 is 0. The maximum atomic E-state index is 13.3. The van der Waals surface area contributed by atoms with Gasteiger partial charge in [0.1, 0.15) is 6.61 Å². The van der Waals surface area contributed by atoms with E-state index >= 15 is 0 Å². The minimum Gasteiger partial charge on any atom is -0.457 e. The SMILES string of the molecule is O=C(OCc1ccccc1)C1=CNC=CC1c1ccccc1C(F)(F)F. The predicted molar refractivity (Wildman–Crippen MR) is 90.8 cm³/mol. The number of esters is 1. The third-order valence-electron chi connectivity index (χ3n) is 4.01. The largest absolute Gasteiger partial charge is 0.457 e. The summed E-state index contributed by atoms with van der Waals surface area (Å²) in [7, 11) is 0. The number of carbonyl (C=O) groups is 1. The number of halogens is 3. The van der Waals surface area contributed by atoms with Crippen LogP contribution < -0.4 is 5.32 Å². The van der Waals surface area contributed by atoms with Crippen LogP contribution in [0.2, 0.25) is 0 Å². The summed E-state index contributed by atoms with van der Waals surface area (Å²) in [5.74, 6) is -1.50. The lowest BCUT2D eigenvalue weighted by atomic mass is 9.87. The van der Waals surface area contributed by atoms with Crippen LogP contribution in [0.1, 0.15) is 22.6 Å². The van der Waals surface area contributed by atoms with Crippen LogP contribution in [0.5, 0.6) is 0 Å². The fourth-order valence-corrected chi connectivity index (χ4v) is 2.77. The van der Waals surface area contributed by atoms with E-state index in [1.807, 2.05) is 18.2 Å². The molecule has 0 amide bonds. The normalized spacial score (nSPS) is 16.6. The van der Waals surface area contributed by atoms with Gasteiger partial charge in [-0.15, -0.1) is 0 Å². The molecular weight excluding hydrogens is 343 g/mol. The lowest BCUT2D eigenvalue weighted by Crippen LogP contribution is -2.21. The topological polar surface area (TPSA) is 38.3 Å². The molecule has 1 N–H and O–H groups in total. The lowest BCUT2D eigenvalue weighted by Gasteiger charge is -2.23. The third-order valence-corrected chi connectivity index (χ3v) is 4.01. The molecule has 0 aliphatic carbocycles.